The van der Waals surface area contributed by atoms with Crippen molar-refractivity contribution in [1.29, 1.82) is 0 Å². The van der Waals surface area contributed by atoms with Gasteiger partial charge in [-0.2, -0.15) is 0 Å². The van der Waals surface area contributed by atoms with Gasteiger partial charge in [0.2, 0.25) is 0 Å². The third-order valence-electron chi connectivity index (χ3n) is 5.81. The Morgan fingerprint density at radius 2 is 1.94 bits per heavy atom. The van der Waals surface area contributed by atoms with Crippen molar-refractivity contribution in [3.63, 3.8) is 0 Å². The molecule has 0 aliphatic heterocycles. The number of fused-ring (bicyclic) bond motifs is 2. The number of carboxylic acid groups (broad SMARTS) is 1. The predicted octanol–water partition coefficient (Wildman–Crippen LogP) is 3.23. The Kier molecular flexibility index (Phi) is 3.97. The van der Waals surface area contributed by atoms with Gasteiger partial charge < -0.3 is 10.2 Å². The van der Waals surface area contributed by atoms with Crippen LogP contribution in [0.4, 0.5) is 0 Å². The lowest BCUT2D eigenvalue weighted by Gasteiger charge is -2.45. The normalized spacial score (nSPS) is 39.9. The van der Waals surface area contributed by atoms with Crippen LogP contribution in [0, 0.1) is 16.7 Å². The maximum absolute atomic E-state index is 10.6. The van der Waals surface area contributed by atoms with E-state index >= 15 is 0 Å². The molecule has 3 nitrogen and oxygen atoms in total. The van der Waals surface area contributed by atoms with Crippen molar-refractivity contribution in [2.24, 2.45) is 16.7 Å². The molecule has 2 fully saturated rings. The Morgan fingerprint density at radius 1 is 1.44 bits per heavy atom. The Bertz CT molecular complexity index is 348. The average molecular weight is 254 g/mol. The summed E-state index contributed by atoms with van der Waals surface area (Å²) in [5.41, 5.74) is 0.136. The van der Waals surface area contributed by atoms with Gasteiger partial charge in [-0.15, -0.1) is 0 Å². The Labute approximate surface area is 110 Å². The monoisotopic (exact) mass is 254 g/mol. The number of aliphatic carboxylic acids is 1. The molecule has 3 heteroatoms. The van der Waals surface area contributed by atoms with Crippen molar-refractivity contribution in [2.75, 3.05) is 0 Å². The number of hydrogen-bond acceptors (Lipinski definition) is 2. The zero-order valence-corrected chi connectivity index (χ0v) is 12.0. The molecule has 2 bridgehead atoms. The summed E-state index contributed by atoms with van der Waals surface area (Å²) in [7, 11) is 0. The van der Waals surface area contributed by atoms with E-state index in [0.29, 0.717) is 5.41 Å². The lowest BCUT2D eigenvalue weighted by molar-refractivity contribution is -0.131. The van der Waals surface area contributed by atoms with E-state index in [9.17, 15) is 9.90 Å². The summed E-state index contributed by atoms with van der Waals surface area (Å²) in [6.07, 6.45) is 5.33. The molecule has 0 unspecified atom stereocenters. The minimum Gasteiger partial charge on any atom is -0.478 e. The molecule has 0 saturated heterocycles. The number of carboxylic acids is 1. The van der Waals surface area contributed by atoms with Gasteiger partial charge in [-0.25, -0.2) is 4.79 Å². The third kappa shape index (κ3) is 1.99. The molecule has 2 aliphatic rings. The Morgan fingerprint density at radius 3 is 2.11 bits per heavy atom. The van der Waals surface area contributed by atoms with Gasteiger partial charge in [0.1, 0.15) is 0 Å². The van der Waals surface area contributed by atoms with Crippen LogP contribution in [0.1, 0.15) is 53.4 Å². The van der Waals surface area contributed by atoms with Crippen molar-refractivity contribution < 1.29 is 15.0 Å². The van der Waals surface area contributed by atoms with Crippen LogP contribution in [0.25, 0.3) is 0 Å². The van der Waals surface area contributed by atoms with Gasteiger partial charge in [-0.05, 0) is 37.0 Å². The molecule has 0 aromatic carbocycles. The highest BCUT2D eigenvalue weighted by Crippen LogP contribution is 2.70. The molecule has 18 heavy (non-hydrogen) atoms. The zero-order chi connectivity index (χ0) is 14.2. The lowest BCUT2D eigenvalue weighted by Crippen LogP contribution is -2.46. The molecule has 0 spiro atoms. The van der Waals surface area contributed by atoms with Crippen LogP contribution < -0.4 is 0 Å². The van der Waals surface area contributed by atoms with Crippen LogP contribution in [0.2, 0.25) is 0 Å². The first-order chi connectivity index (χ1) is 8.14. The van der Waals surface area contributed by atoms with E-state index < -0.39 is 5.97 Å². The molecule has 0 heterocycles. The molecule has 0 aromatic heterocycles. The molecule has 2 N–H and O–H groups in total. The van der Waals surface area contributed by atoms with Crippen molar-refractivity contribution in [3.8, 4) is 0 Å². The highest BCUT2D eigenvalue weighted by Gasteiger charge is 2.67. The molecule has 2 rings (SSSR count). The SMILES string of the molecule is C=CC(=O)O.CC[C@]1(O)C[C@H]2CC[C@@]1(C)C2(C)C. The van der Waals surface area contributed by atoms with Crippen LogP contribution in [-0.2, 0) is 4.79 Å². The van der Waals surface area contributed by atoms with E-state index in [4.69, 9.17) is 5.11 Å². The number of rotatable bonds is 2. The molecule has 3 atom stereocenters. The summed E-state index contributed by atoms with van der Waals surface area (Å²) in [4.78, 5) is 9.25. The molecule has 2 aliphatic carbocycles. The average Bonchev–Trinajstić information content (AvgIpc) is 2.61. The van der Waals surface area contributed by atoms with E-state index in [1.165, 1.54) is 12.8 Å². The van der Waals surface area contributed by atoms with E-state index in [1.807, 2.05) is 0 Å². The maximum atomic E-state index is 10.6. The number of carbonyl (C=O) groups is 1. The van der Waals surface area contributed by atoms with Crippen LogP contribution in [0.5, 0.6) is 0 Å². The van der Waals surface area contributed by atoms with Gasteiger partial charge in [0.25, 0.3) is 0 Å². The topological polar surface area (TPSA) is 57.5 Å². The molecule has 0 amide bonds. The van der Waals surface area contributed by atoms with Crippen molar-refractivity contribution >= 4 is 5.97 Å². The molecule has 2 saturated carbocycles. The molecular weight excluding hydrogens is 228 g/mol. The fourth-order valence-electron chi connectivity index (χ4n) is 3.95. The van der Waals surface area contributed by atoms with Crippen LogP contribution in [-0.4, -0.2) is 21.8 Å². The smallest absolute Gasteiger partial charge is 0.327 e. The second kappa shape index (κ2) is 4.69. The lowest BCUT2D eigenvalue weighted by atomic mass is 9.64. The van der Waals surface area contributed by atoms with Gasteiger partial charge in [0.05, 0.1) is 5.60 Å². The summed E-state index contributed by atoms with van der Waals surface area (Å²) in [6.45, 7) is 12.1. The third-order valence-corrected chi connectivity index (χ3v) is 5.81. The van der Waals surface area contributed by atoms with Gasteiger partial charge in [0.15, 0.2) is 0 Å². The molecule has 104 valence electrons. The quantitative estimate of drug-likeness (QED) is 0.744. The first-order valence-corrected chi connectivity index (χ1v) is 6.72. The summed E-state index contributed by atoms with van der Waals surface area (Å²) in [5, 5.41) is 18.2. The Balaban J connectivity index is 0.000000280. The minimum absolute atomic E-state index is 0.166. The van der Waals surface area contributed by atoms with Gasteiger partial charge in [-0.1, -0.05) is 34.3 Å². The maximum Gasteiger partial charge on any atom is 0.327 e. The highest BCUT2D eigenvalue weighted by molar-refractivity contribution is 5.78. The van der Waals surface area contributed by atoms with Crippen molar-refractivity contribution in [3.05, 3.63) is 12.7 Å². The zero-order valence-electron chi connectivity index (χ0n) is 12.0. The fraction of sp³-hybridized carbons (Fsp3) is 0.800. The van der Waals surface area contributed by atoms with Crippen LogP contribution in [0.3, 0.4) is 0 Å². The highest BCUT2D eigenvalue weighted by atomic mass is 16.4. The van der Waals surface area contributed by atoms with Gasteiger partial charge >= 0.3 is 5.97 Å². The second-order valence-electron chi connectivity index (χ2n) is 6.42. The Hall–Kier alpha value is -0.830. The molecule has 0 aromatic rings. The first-order valence-electron chi connectivity index (χ1n) is 6.72. The van der Waals surface area contributed by atoms with Crippen molar-refractivity contribution in [1.82, 2.24) is 0 Å². The fourth-order valence-corrected chi connectivity index (χ4v) is 3.95. The number of aliphatic hydroxyl groups is 1. The molecular formula is C15H26O3. The van der Waals surface area contributed by atoms with E-state index in [-0.39, 0.29) is 11.0 Å². The van der Waals surface area contributed by atoms with Gasteiger partial charge in [-0.3, -0.25) is 0 Å². The first kappa shape index (κ1) is 15.2. The van der Waals surface area contributed by atoms with E-state index in [0.717, 1.165) is 24.8 Å². The van der Waals surface area contributed by atoms with E-state index in [1.54, 1.807) is 0 Å². The largest absolute Gasteiger partial charge is 0.478 e. The standard InChI is InChI=1S/C12H22O.C3H4O2/c1-5-12(13)8-9-6-7-11(12,4)10(9,2)3;1-2-3(4)5/h9,13H,5-8H2,1-4H3;2H,1H2,(H,4,5)/t9-,11+,12+;/m1./s1. The summed E-state index contributed by atoms with van der Waals surface area (Å²) in [6, 6.07) is 0. The van der Waals surface area contributed by atoms with Gasteiger partial charge in [0, 0.05) is 11.5 Å². The van der Waals surface area contributed by atoms with Crippen molar-refractivity contribution in [2.45, 2.75) is 59.0 Å². The molecule has 0 radical (unpaired) electrons. The van der Waals surface area contributed by atoms with E-state index in [2.05, 4.69) is 34.3 Å². The number of hydrogen-bond donors (Lipinski definition) is 2. The van der Waals surface area contributed by atoms with Crippen LogP contribution in [0.15, 0.2) is 12.7 Å². The summed E-state index contributed by atoms with van der Waals surface area (Å²) < 4.78 is 0. The van der Waals surface area contributed by atoms with Crippen LogP contribution >= 0.6 is 0 Å². The minimum atomic E-state index is -0.981. The predicted molar refractivity (Wildman–Crippen MR) is 72.3 cm³/mol. The second-order valence-corrected chi connectivity index (χ2v) is 6.42. The summed E-state index contributed by atoms with van der Waals surface area (Å²) >= 11 is 0. The summed E-state index contributed by atoms with van der Waals surface area (Å²) in [5.74, 6) is -0.229.